The van der Waals surface area contributed by atoms with E-state index in [1.165, 1.54) is 23.5 Å². The molecule has 0 unspecified atom stereocenters. The molecule has 1 saturated carbocycles. The highest BCUT2D eigenvalue weighted by Crippen LogP contribution is 2.39. The maximum Gasteiger partial charge on any atom is 0.141 e. The predicted molar refractivity (Wildman–Crippen MR) is 99.7 cm³/mol. The summed E-state index contributed by atoms with van der Waals surface area (Å²) in [4.78, 5) is 7.59. The lowest BCUT2D eigenvalue weighted by atomic mass is 9.83. The number of nitrogens with one attached hydrogen (secondary N) is 4. The third-order valence-corrected chi connectivity index (χ3v) is 5.44. The summed E-state index contributed by atoms with van der Waals surface area (Å²) in [6, 6.07) is 9.13. The van der Waals surface area contributed by atoms with E-state index in [0.717, 1.165) is 42.8 Å². The van der Waals surface area contributed by atoms with Crippen molar-refractivity contribution in [2.75, 3.05) is 5.32 Å². The van der Waals surface area contributed by atoms with Crippen LogP contribution >= 0.6 is 0 Å². The Hall–Kier alpha value is -2.80. The number of rotatable bonds is 3. The Balaban J connectivity index is 1.29. The van der Waals surface area contributed by atoms with Crippen LogP contribution in [-0.2, 0) is 0 Å². The summed E-state index contributed by atoms with van der Waals surface area (Å²) < 4.78 is 13.0. The van der Waals surface area contributed by atoms with Gasteiger partial charge in [-0.05, 0) is 56.0 Å². The van der Waals surface area contributed by atoms with Gasteiger partial charge in [0.1, 0.15) is 18.0 Å². The molecule has 6 nitrogen and oxygen atoms in total. The van der Waals surface area contributed by atoms with E-state index in [0.29, 0.717) is 12.0 Å². The average molecular weight is 352 g/mol. The van der Waals surface area contributed by atoms with E-state index in [1.54, 1.807) is 18.5 Å². The lowest BCUT2D eigenvalue weighted by Gasteiger charge is -2.30. The zero-order valence-electron chi connectivity index (χ0n) is 14.3. The molecule has 0 saturated heterocycles. The average Bonchev–Trinajstić information content (AvgIpc) is 3.30. The summed E-state index contributed by atoms with van der Waals surface area (Å²) in [6.45, 7) is 0. The quantitative estimate of drug-likeness (QED) is 0.683. The van der Waals surface area contributed by atoms with Gasteiger partial charge in [0, 0.05) is 29.4 Å². The molecule has 2 aliphatic heterocycles. The standard InChI is InChI=1S/C19H21FN6/c20-13-3-7-15(8-4-13)23-14-5-1-12(2-6-14)17-18-16-9-10-21-19(16)22-11-26(18)25-24-17/h3-4,7-12,14,21,23-25H,1-2,5-6H2/t12-,14-. The van der Waals surface area contributed by atoms with Crippen molar-refractivity contribution in [2.45, 2.75) is 31.7 Å². The van der Waals surface area contributed by atoms with Crippen LogP contribution in [0.25, 0.3) is 5.70 Å². The van der Waals surface area contributed by atoms with Gasteiger partial charge in [0.25, 0.3) is 0 Å². The van der Waals surface area contributed by atoms with Crippen molar-refractivity contribution in [1.29, 1.82) is 0 Å². The number of hydrogen-bond acceptors (Lipinski definition) is 5. The smallest absolute Gasteiger partial charge is 0.141 e. The minimum absolute atomic E-state index is 0.197. The number of H-pyrrole nitrogens is 1. The molecule has 1 aromatic heterocycles. The van der Waals surface area contributed by atoms with Crippen molar-refractivity contribution < 1.29 is 4.39 Å². The van der Waals surface area contributed by atoms with Crippen LogP contribution in [0.2, 0.25) is 0 Å². The fourth-order valence-corrected chi connectivity index (χ4v) is 4.10. The highest BCUT2D eigenvalue weighted by atomic mass is 19.1. The van der Waals surface area contributed by atoms with Crippen LogP contribution in [0, 0.1) is 11.7 Å². The molecule has 1 aromatic carbocycles. The van der Waals surface area contributed by atoms with Gasteiger partial charge in [-0.3, -0.25) is 0 Å². The highest BCUT2D eigenvalue weighted by Gasteiger charge is 2.34. The van der Waals surface area contributed by atoms with Gasteiger partial charge in [-0.15, -0.1) is 5.53 Å². The molecule has 0 amide bonds. The van der Waals surface area contributed by atoms with Crippen molar-refractivity contribution in [1.82, 2.24) is 21.0 Å². The van der Waals surface area contributed by atoms with Crippen LogP contribution < -0.4 is 16.3 Å². The van der Waals surface area contributed by atoms with E-state index >= 15 is 0 Å². The van der Waals surface area contributed by atoms with Gasteiger partial charge in [0.05, 0.1) is 11.4 Å². The van der Waals surface area contributed by atoms with Crippen LogP contribution in [0.3, 0.4) is 0 Å². The number of nitrogens with zero attached hydrogens (tertiary/aromatic N) is 2. The van der Waals surface area contributed by atoms with Gasteiger partial charge in [-0.25, -0.2) is 14.4 Å². The van der Waals surface area contributed by atoms with Crippen LogP contribution in [0.15, 0.2) is 47.2 Å². The molecular formula is C19H21FN6. The second-order valence-corrected chi connectivity index (χ2v) is 7.05. The minimum atomic E-state index is -0.197. The second-order valence-electron chi connectivity index (χ2n) is 7.05. The summed E-state index contributed by atoms with van der Waals surface area (Å²) in [5.74, 6) is 1.20. The first-order valence-electron chi connectivity index (χ1n) is 9.07. The first-order chi connectivity index (χ1) is 12.8. The van der Waals surface area contributed by atoms with Crippen LogP contribution in [0.1, 0.15) is 31.2 Å². The minimum Gasteiger partial charge on any atom is -0.382 e. The number of aromatic nitrogens is 1. The molecule has 3 aliphatic rings. The molecule has 1 aliphatic carbocycles. The Kier molecular flexibility index (Phi) is 3.67. The summed E-state index contributed by atoms with van der Waals surface area (Å²) >= 11 is 0. The van der Waals surface area contributed by atoms with Gasteiger partial charge in [0.2, 0.25) is 0 Å². The fraction of sp³-hybridized carbons (Fsp3) is 0.316. The molecule has 1 fully saturated rings. The summed E-state index contributed by atoms with van der Waals surface area (Å²) in [5, 5.41) is 5.48. The highest BCUT2D eigenvalue weighted by molar-refractivity contribution is 5.87. The molecule has 134 valence electrons. The zero-order chi connectivity index (χ0) is 17.5. The van der Waals surface area contributed by atoms with E-state index in [4.69, 9.17) is 0 Å². The van der Waals surface area contributed by atoms with Crippen LogP contribution in [0.5, 0.6) is 0 Å². The Morgan fingerprint density at radius 1 is 1.08 bits per heavy atom. The number of anilines is 1. The molecule has 0 spiro atoms. The van der Waals surface area contributed by atoms with Crippen molar-refractivity contribution in [3.8, 4) is 0 Å². The van der Waals surface area contributed by atoms with Gasteiger partial charge in [0.15, 0.2) is 0 Å². The van der Waals surface area contributed by atoms with Crippen molar-refractivity contribution in [3.05, 3.63) is 53.6 Å². The van der Waals surface area contributed by atoms with Gasteiger partial charge in [-0.1, -0.05) is 0 Å². The monoisotopic (exact) mass is 352 g/mol. The number of halogens is 1. The van der Waals surface area contributed by atoms with E-state index in [2.05, 4.69) is 32.3 Å². The lowest BCUT2D eigenvalue weighted by Crippen LogP contribution is -2.38. The Morgan fingerprint density at radius 2 is 1.88 bits per heavy atom. The normalized spacial score (nSPS) is 24.3. The van der Waals surface area contributed by atoms with E-state index in [-0.39, 0.29) is 5.82 Å². The molecule has 7 heteroatoms. The maximum absolute atomic E-state index is 13.0. The van der Waals surface area contributed by atoms with Gasteiger partial charge < -0.3 is 15.7 Å². The van der Waals surface area contributed by atoms with E-state index in [9.17, 15) is 4.39 Å². The second kappa shape index (κ2) is 6.17. The number of hydrazine groups is 2. The topological polar surface area (TPSA) is 67.5 Å². The zero-order valence-corrected chi connectivity index (χ0v) is 14.3. The Bertz CT molecular complexity index is 860. The Morgan fingerprint density at radius 3 is 2.69 bits per heavy atom. The van der Waals surface area contributed by atoms with Crippen molar-refractivity contribution in [2.24, 2.45) is 10.9 Å². The lowest BCUT2D eigenvalue weighted by molar-refractivity contribution is 0.350. The fourth-order valence-electron chi connectivity index (χ4n) is 4.10. The number of aromatic amines is 1. The van der Waals surface area contributed by atoms with Gasteiger partial charge >= 0.3 is 0 Å². The van der Waals surface area contributed by atoms with Crippen molar-refractivity contribution >= 4 is 23.5 Å². The van der Waals surface area contributed by atoms with Crippen LogP contribution in [0.4, 0.5) is 15.9 Å². The summed E-state index contributed by atoms with van der Waals surface area (Å²) in [6.07, 6.45) is 8.13. The third-order valence-electron chi connectivity index (χ3n) is 5.44. The van der Waals surface area contributed by atoms with E-state index < -0.39 is 0 Å². The maximum atomic E-state index is 13.0. The molecule has 26 heavy (non-hydrogen) atoms. The molecule has 3 heterocycles. The largest absolute Gasteiger partial charge is 0.382 e. The number of fused-ring (bicyclic) bond motifs is 3. The van der Waals surface area contributed by atoms with Crippen LogP contribution in [-0.4, -0.2) is 22.4 Å². The number of hydrogen-bond donors (Lipinski definition) is 4. The number of aliphatic imine (C=N–C) groups is 1. The summed E-state index contributed by atoms with van der Waals surface area (Å²) in [7, 11) is 0. The van der Waals surface area contributed by atoms with E-state index in [1.807, 2.05) is 11.2 Å². The molecule has 2 aromatic rings. The summed E-state index contributed by atoms with van der Waals surface area (Å²) in [5.41, 5.74) is 11.1. The molecule has 0 bridgehead atoms. The Labute approximate surface area is 151 Å². The first-order valence-corrected chi connectivity index (χ1v) is 9.07. The molecule has 0 radical (unpaired) electrons. The van der Waals surface area contributed by atoms with Crippen molar-refractivity contribution in [3.63, 3.8) is 0 Å². The molecule has 4 N–H and O–H groups in total. The predicted octanol–water partition coefficient (Wildman–Crippen LogP) is 3.49. The molecular weight excluding hydrogens is 331 g/mol. The molecule has 0 atom stereocenters. The third kappa shape index (κ3) is 2.64. The number of benzene rings is 1. The first kappa shape index (κ1) is 15.5. The number of allylic oxidation sites excluding steroid dienone is 1. The van der Waals surface area contributed by atoms with Gasteiger partial charge in [-0.2, -0.15) is 0 Å². The SMILES string of the molecule is Fc1ccc(N[C@H]2CC[C@H](C3=C4c5cc[nH]c5N=CN4NN3)CC2)cc1. The molecule has 5 rings (SSSR count).